The highest BCUT2D eigenvalue weighted by Crippen LogP contribution is 2.15. The van der Waals surface area contributed by atoms with E-state index in [-0.39, 0.29) is 0 Å². The maximum absolute atomic E-state index is 11.3. The van der Waals surface area contributed by atoms with Crippen LogP contribution in [0.15, 0.2) is 30.3 Å². The largest absolute Gasteiger partial charge is 0.271 e. The number of benzene rings is 1. The standard InChI is InChI=1S/C9H13NO2S/c1-3-10(13(2,11)12)9-7-5-4-6-8-9/h4-8H,3H2,1-2H3. The van der Waals surface area contributed by atoms with Gasteiger partial charge in [0.05, 0.1) is 11.9 Å². The van der Waals surface area contributed by atoms with E-state index in [1.165, 1.54) is 10.6 Å². The van der Waals surface area contributed by atoms with Crippen molar-refractivity contribution >= 4 is 15.7 Å². The van der Waals surface area contributed by atoms with Gasteiger partial charge in [0.25, 0.3) is 0 Å². The van der Waals surface area contributed by atoms with Crippen LogP contribution in [-0.2, 0) is 10.0 Å². The van der Waals surface area contributed by atoms with Crippen LogP contribution in [0.2, 0.25) is 0 Å². The molecule has 0 aromatic heterocycles. The van der Waals surface area contributed by atoms with Gasteiger partial charge in [-0.25, -0.2) is 8.42 Å². The van der Waals surface area contributed by atoms with Crippen LogP contribution in [0.3, 0.4) is 0 Å². The lowest BCUT2D eigenvalue weighted by molar-refractivity contribution is 0.598. The topological polar surface area (TPSA) is 37.4 Å². The Hall–Kier alpha value is -1.03. The lowest BCUT2D eigenvalue weighted by atomic mass is 10.3. The summed E-state index contributed by atoms with van der Waals surface area (Å²) in [5.41, 5.74) is 0.715. The molecule has 3 nitrogen and oxygen atoms in total. The zero-order valence-electron chi connectivity index (χ0n) is 7.77. The molecule has 0 heterocycles. The lowest BCUT2D eigenvalue weighted by Gasteiger charge is -2.19. The summed E-state index contributed by atoms with van der Waals surface area (Å²) in [6.07, 6.45) is 1.21. The Balaban J connectivity index is 3.06. The first-order valence-electron chi connectivity index (χ1n) is 4.08. The molecule has 1 rings (SSSR count). The van der Waals surface area contributed by atoms with Gasteiger partial charge in [0.2, 0.25) is 10.0 Å². The number of nitrogens with zero attached hydrogens (tertiary/aromatic N) is 1. The molecule has 0 aliphatic heterocycles. The first-order valence-corrected chi connectivity index (χ1v) is 5.93. The first kappa shape index (κ1) is 10.1. The molecule has 1 aromatic rings. The van der Waals surface area contributed by atoms with Gasteiger partial charge < -0.3 is 0 Å². The molecule has 0 saturated carbocycles. The fraction of sp³-hybridized carbons (Fsp3) is 0.333. The van der Waals surface area contributed by atoms with Crippen molar-refractivity contribution < 1.29 is 8.42 Å². The number of hydrogen-bond donors (Lipinski definition) is 0. The number of sulfonamides is 1. The molecule has 0 unspecified atom stereocenters. The summed E-state index contributed by atoms with van der Waals surface area (Å²) in [7, 11) is -3.13. The minimum atomic E-state index is -3.13. The van der Waals surface area contributed by atoms with Crippen molar-refractivity contribution in [1.82, 2.24) is 0 Å². The molecule has 0 bridgehead atoms. The van der Waals surface area contributed by atoms with Crippen LogP contribution >= 0.6 is 0 Å². The maximum Gasteiger partial charge on any atom is 0.232 e. The quantitative estimate of drug-likeness (QED) is 0.739. The van der Waals surface area contributed by atoms with Crippen LogP contribution in [0.4, 0.5) is 5.69 Å². The van der Waals surface area contributed by atoms with E-state index in [0.29, 0.717) is 12.2 Å². The fourth-order valence-electron chi connectivity index (χ4n) is 1.20. The number of para-hydroxylation sites is 1. The average molecular weight is 199 g/mol. The van der Waals surface area contributed by atoms with Crippen LogP contribution in [0.25, 0.3) is 0 Å². The van der Waals surface area contributed by atoms with E-state index in [0.717, 1.165) is 0 Å². The number of rotatable bonds is 3. The molecular weight excluding hydrogens is 186 g/mol. The Morgan fingerprint density at radius 2 is 1.77 bits per heavy atom. The van der Waals surface area contributed by atoms with E-state index in [9.17, 15) is 8.42 Å². The van der Waals surface area contributed by atoms with E-state index in [1.807, 2.05) is 25.1 Å². The molecule has 72 valence electrons. The molecule has 0 atom stereocenters. The van der Waals surface area contributed by atoms with E-state index in [4.69, 9.17) is 0 Å². The van der Waals surface area contributed by atoms with Crippen LogP contribution in [0.5, 0.6) is 0 Å². The Morgan fingerprint density at radius 3 is 2.15 bits per heavy atom. The lowest BCUT2D eigenvalue weighted by Crippen LogP contribution is -2.29. The van der Waals surface area contributed by atoms with Crippen molar-refractivity contribution in [1.29, 1.82) is 0 Å². The average Bonchev–Trinajstić information content (AvgIpc) is 2.05. The Bertz CT molecular complexity index is 358. The molecule has 0 amide bonds. The van der Waals surface area contributed by atoms with Gasteiger partial charge >= 0.3 is 0 Å². The highest BCUT2D eigenvalue weighted by molar-refractivity contribution is 7.92. The fourth-order valence-corrected chi connectivity index (χ4v) is 2.18. The third-order valence-electron chi connectivity index (χ3n) is 1.73. The van der Waals surface area contributed by atoms with Crippen molar-refractivity contribution in [2.45, 2.75) is 6.92 Å². The second kappa shape index (κ2) is 3.79. The Morgan fingerprint density at radius 1 is 1.23 bits per heavy atom. The van der Waals surface area contributed by atoms with Crippen molar-refractivity contribution in [3.63, 3.8) is 0 Å². The van der Waals surface area contributed by atoms with Crippen molar-refractivity contribution in [2.75, 3.05) is 17.1 Å². The van der Waals surface area contributed by atoms with Gasteiger partial charge in [0.15, 0.2) is 0 Å². The van der Waals surface area contributed by atoms with Gasteiger partial charge in [-0.15, -0.1) is 0 Å². The maximum atomic E-state index is 11.3. The van der Waals surface area contributed by atoms with E-state index in [2.05, 4.69) is 0 Å². The van der Waals surface area contributed by atoms with E-state index >= 15 is 0 Å². The highest BCUT2D eigenvalue weighted by atomic mass is 32.2. The third-order valence-corrected chi connectivity index (χ3v) is 3.00. The highest BCUT2D eigenvalue weighted by Gasteiger charge is 2.13. The zero-order chi connectivity index (χ0) is 9.90. The summed E-state index contributed by atoms with van der Waals surface area (Å²) in [5.74, 6) is 0. The SMILES string of the molecule is CCN(c1ccccc1)S(C)(=O)=O. The monoisotopic (exact) mass is 199 g/mol. The molecule has 0 saturated heterocycles. The Kier molecular flexibility index (Phi) is 2.93. The predicted octanol–water partition coefficient (Wildman–Crippen LogP) is 1.47. The van der Waals surface area contributed by atoms with Crippen LogP contribution in [0.1, 0.15) is 6.92 Å². The molecular formula is C9H13NO2S. The molecule has 0 N–H and O–H groups in total. The summed E-state index contributed by atoms with van der Waals surface area (Å²) < 4.78 is 23.9. The van der Waals surface area contributed by atoms with Crippen molar-refractivity contribution in [3.05, 3.63) is 30.3 Å². The smallest absolute Gasteiger partial charge is 0.232 e. The van der Waals surface area contributed by atoms with Crippen LogP contribution in [-0.4, -0.2) is 21.2 Å². The van der Waals surface area contributed by atoms with Crippen molar-refractivity contribution in [3.8, 4) is 0 Å². The van der Waals surface area contributed by atoms with Crippen LogP contribution < -0.4 is 4.31 Å². The molecule has 0 radical (unpaired) electrons. The molecule has 1 aromatic carbocycles. The molecule has 0 fully saturated rings. The van der Waals surface area contributed by atoms with Gasteiger partial charge in [-0.2, -0.15) is 0 Å². The normalized spacial score (nSPS) is 11.2. The van der Waals surface area contributed by atoms with E-state index in [1.54, 1.807) is 12.1 Å². The summed E-state index contributed by atoms with van der Waals surface area (Å²) in [6, 6.07) is 9.07. The summed E-state index contributed by atoms with van der Waals surface area (Å²) in [4.78, 5) is 0. The van der Waals surface area contributed by atoms with Gasteiger partial charge in [-0.05, 0) is 19.1 Å². The van der Waals surface area contributed by atoms with Gasteiger partial charge in [0.1, 0.15) is 0 Å². The minimum Gasteiger partial charge on any atom is -0.271 e. The molecule has 4 heteroatoms. The predicted molar refractivity (Wildman–Crippen MR) is 54.3 cm³/mol. The summed E-state index contributed by atoms with van der Waals surface area (Å²) in [6.45, 7) is 2.27. The molecule has 0 aliphatic rings. The van der Waals surface area contributed by atoms with Gasteiger partial charge in [-0.3, -0.25) is 4.31 Å². The Labute approximate surface area is 79.0 Å². The molecule has 13 heavy (non-hydrogen) atoms. The molecule has 0 spiro atoms. The van der Waals surface area contributed by atoms with Gasteiger partial charge in [0, 0.05) is 6.54 Å². The third kappa shape index (κ3) is 2.45. The summed E-state index contributed by atoms with van der Waals surface area (Å²) >= 11 is 0. The number of anilines is 1. The minimum absolute atomic E-state index is 0.461. The first-order chi connectivity index (χ1) is 6.05. The second-order valence-electron chi connectivity index (χ2n) is 2.76. The summed E-state index contributed by atoms with van der Waals surface area (Å²) in [5, 5.41) is 0. The second-order valence-corrected chi connectivity index (χ2v) is 4.67. The zero-order valence-corrected chi connectivity index (χ0v) is 8.58. The van der Waals surface area contributed by atoms with Crippen molar-refractivity contribution in [2.24, 2.45) is 0 Å². The van der Waals surface area contributed by atoms with Crippen LogP contribution in [0, 0.1) is 0 Å². The van der Waals surface area contributed by atoms with Gasteiger partial charge in [-0.1, -0.05) is 18.2 Å². The molecule has 0 aliphatic carbocycles. The number of hydrogen-bond acceptors (Lipinski definition) is 2. The van der Waals surface area contributed by atoms with E-state index < -0.39 is 10.0 Å².